The summed E-state index contributed by atoms with van der Waals surface area (Å²) in [5.41, 5.74) is 2.16. The summed E-state index contributed by atoms with van der Waals surface area (Å²) in [6, 6.07) is 7.47. The van der Waals surface area contributed by atoms with E-state index in [-0.39, 0.29) is 13.2 Å². The van der Waals surface area contributed by atoms with Crippen molar-refractivity contribution in [3.8, 4) is 17.6 Å². The molecule has 0 aliphatic carbocycles. The van der Waals surface area contributed by atoms with Crippen LogP contribution < -0.4 is 4.74 Å². The molecule has 0 radical (unpaired) electrons. The average Bonchev–Trinajstić information content (AvgIpc) is 2.83. The molecule has 0 fully saturated rings. The molecule has 2 aromatic rings. The van der Waals surface area contributed by atoms with E-state index in [2.05, 4.69) is 26.8 Å². The number of aliphatic hydroxyl groups excluding tert-OH is 1. The zero-order chi connectivity index (χ0) is 13.5. The summed E-state index contributed by atoms with van der Waals surface area (Å²) >= 11 is 0. The number of aliphatic hydroxyl groups is 1. The normalized spacial score (nSPS) is 9.79. The third-order valence-electron chi connectivity index (χ3n) is 2.46. The molecule has 1 aromatic heterocycles. The Bertz CT molecular complexity index is 596. The molecule has 1 N–H and O–H groups in total. The standard InChI is InChI=1S/C14H14N2O3/c1-11-13(16-19-15-11)10-18-14-8-3-2-6-12(14)7-4-5-9-17/h2-3,6,8,17H,5,9-10H2,1H3. The number of ether oxygens (including phenoxy) is 1. The minimum absolute atomic E-state index is 0.0554. The van der Waals surface area contributed by atoms with Gasteiger partial charge >= 0.3 is 0 Å². The van der Waals surface area contributed by atoms with Crippen LogP contribution in [0.1, 0.15) is 23.4 Å². The van der Waals surface area contributed by atoms with E-state index in [0.29, 0.717) is 23.6 Å². The van der Waals surface area contributed by atoms with Gasteiger partial charge in [0.25, 0.3) is 0 Å². The van der Waals surface area contributed by atoms with E-state index in [1.54, 1.807) is 0 Å². The van der Waals surface area contributed by atoms with Crippen LogP contribution in [0.25, 0.3) is 0 Å². The fourth-order valence-electron chi connectivity index (χ4n) is 1.44. The second kappa shape index (κ2) is 6.57. The van der Waals surface area contributed by atoms with Gasteiger partial charge in [0.1, 0.15) is 23.7 Å². The molecule has 2 rings (SSSR count). The Morgan fingerprint density at radius 2 is 2.16 bits per heavy atom. The lowest BCUT2D eigenvalue weighted by atomic mass is 10.2. The van der Waals surface area contributed by atoms with Gasteiger partial charge in [0, 0.05) is 6.42 Å². The molecule has 1 aromatic carbocycles. The fourth-order valence-corrected chi connectivity index (χ4v) is 1.44. The van der Waals surface area contributed by atoms with Gasteiger partial charge in [0.05, 0.1) is 12.2 Å². The van der Waals surface area contributed by atoms with Gasteiger partial charge in [-0.2, -0.15) is 0 Å². The van der Waals surface area contributed by atoms with Crippen LogP contribution in [0.4, 0.5) is 0 Å². The molecule has 19 heavy (non-hydrogen) atoms. The van der Waals surface area contributed by atoms with E-state index in [0.717, 1.165) is 5.56 Å². The van der Waals surface area contributed by atoms with E-state index < -0.39 is 0 Å². The molecule has 1 heterocycles. The molecule has 0 saturated heterocycles. The van der Waals surface area contributed by atoms with Crippen molar-refractivity contribution >= 4 is 0 Å². The number of hydrogen-bond donors (Lipinski definition) is 1. The summed E-state index contributed by atoms with van der Waals surface area (Å²) in [7, 11) is 0. The molecule has 0 unspecified atom stereocenters. The first-order valence-corrected chi connectivity index (χ1v) is 5.91. The minimum Gasteiger partial charge on any atom is -0.486 e. The highest BCUT2D eigenvalue weighted by molar-refractivity contribution is 5.45. The maximum atomic E-state index is 8.71. The Balaban J connectivity index is 2.08. The number of benzene rings is 1. The van der Waals surface area contributed by atoms with E-state index in [1.165, 1.54) is 0 Å². The van der Waals surface area contributed by atoms with Crippen molar-refractivity contribution in [1.82, 2.24) is 10.3 Å². The van der Waals surface area contributed by atoms with Crippen LogP contribution in [0.15, 0.2) is 28.9 Å². The third-order valence-corrected chi connectivity index (χ3v) is 2.46. The monoisotopic (exact) mass is 258 g/mol. The lowest BCUT2D eigenvalue weighted by Gasteiger charge is -2.06. The Morgan fingerprint density at radius 3 is 2.89 bits per heavy atom. The Kier molecular flexibility index (Phi) is 4.54. The summed E-state index contributed by atoms with van der Waals surface area (Å²) in [4.78, 5) is 0. The quantitative estimate of drug-likeness (QED) is 0.845. The van der Waals surface area contributed by atoms with Gasteiger partial charge in [-0.25, -0.2) is 4.63 Å². The predicted molar refractivity (Wildman–Crippen MR) is 68.4 cm³/mol. The first-order valence-electron chi connectivity index (χ1n) is 5.91. The van der Waals surface area contributed by atoms with Crippen molar-refractivity contribution in [2.24, 2.45) is 0 Å². The molecule has 0 aliphatic rings. The summed E-state index contributed by atoms with van der Waals surface area (Å²) in [6.07, 6.45) is 0.445. The highest BCUT2D eigenvalue weighted by Gasteiger charge is 2.07. The molecule has 0 atom stereocenters. The summed E-state index contributed by atoms with van der Waals surface area (Å²) in [6.45, 7) is 2.15. The maximum Gasteiger partial charge on any atom is 0.145 e. The predicted octanol–water partition coefficient (Wildman–Crippen LogP) is 1.69. The second-order valence-corrected chi connectivity index (χ2v) is 3.86. The summed E-state index contributed by atoms with van der Waals surface area (Å²) in [5.74, 6) is 6.51. The highest BCUT2D eigenvalue weighted by Crippen LogP contribution is 2.18. The number of nitrogens with zero attached hydrogens (tertiary/aromatic N) is 2. The molecule has 5 nitrogen and oxygen atoms in total. The van der Waals surface area contributed by atoms with Gasteiger partial charge in [0.2, 0.25) is 0 Å². The number of aromatic nitrogens is 2. The van der Waals surface area contributed by atoms with Gasteiger partial charge in [-0.15, -0.1) is 0 Å². The lowest BCUT2D eigenvalue weighted by Crippen LogP contribution is -1.99. The topological polar surface area (TPSA) is 68.4 Å². The van der Waals surface area contributed by atoms with Gasteiger partial charge < -0.3 is 9.84 Å². The van der Waals surface area contributed by atoms with E-state index >= 15 is 0 Å². The maximum absolute atomic E-state index is 8.71. The number of aryl methyl sites for hydroxylation is 1. The Morgan fingerprint density at radius 1 is 1.32 bits per heavy atom. The fraction of sp³-hybridized carbons (Fsp3) is 0.286. The summed E-state index contributed by atoms with van der Waals surface area (Å²) in [5, 5.41) is 16.2. The molecule has 5 heteroatoms. The molecular formula is C14H14N2O3. The van der Waals surface area contributed by atoms with Gasteiger partial charge in [-0.3, -0.25) is 0 Å². The first kappa shape index (κ1) is 13.1. The molecule has 0 amide bonds. The van der Waals surface area contributed by atoms with Crippen LogP contribution in [0, 0.1) is 18.8 Å². The molecule has 0 aliphatic heterocycles. The Hall–Kier alpha value is -2.32. The van der Waals surface area contributed by atoms with Gasteiger partial charge in [-0.1, -0.05) is 34.3 Å². The number of rotatable bonds is 4. The summed E-state index contributed by atoms with van der Waals surface area (Å²) < 4.78 is 10.3. The lowest BCUT2D eigenvalue weighted by molar-refractivity contribution is 0.269. The van der Waals surface area contributed by atoms with Gasteiger partial charge in [0.15, 0.2) is 0 Å². The van der Waals surface area contributed by atoms with Crippen molar-refractivity contribution in [3.63, 3.8) is 0 Å². The van der Waals surface area contributed by atoms with Crippen molar-refractivity contribution in [3.05, 3.63) is 41.2 Å². The molecule has 98 valence electrons. The van der Waals surface area contributed by atoms with Crippen LogP contribution in [-0.2, 0) is 6.61 Å². The zero-order valence-electron chi connectivity index (χ0n) is 10.6. The smallest absolute Gasteiger partial charge is 0.145 e. The van der Waals surface area contributed by atoms with Crippen LogP contribution in [0.3, 0.4) is 0 Å². The van der Waals surface area contributed by atoms with E-state index in [4.69, 9.17) is 9.84 Å². The number of hydrogen-bond acceptors (Lipinski definition) is 5. The largest absolute Gasteiger partial charge is 0.486 e. The average molecular weight is 258 g/mol. The van der Waals surface area contributed by atoms with Crippen LogP contribution in [0.5, 0.6) is 5.75 Å². The molecule has 0 spiro atoms. The van der Waals surface area contributed by atoms with Crippen molar-refractivity contribution in [2.45, 2.75) is 20.0 Å². The first-order chi connectivity index (χ1) is 9.31. The van der Waals surface area contributed by atoms with Gasteiger partial charge in [-0.05, 0) is 19.1 Å². The zero-order valence-corrected chi connectivity index (χ0v) is 10.6. The third kappa shape index (κ3) is 3.57. The van der Waals surface area contributed by atoms with Crippen molar-refractivity contribution in [2.75, 3.05) is 6.61 Å². The van der Waals surface area contributed by atoms with E-state index in [1.807, 2.05) is 31.2 Å². The van der Waals surface area contributed by atoms with Crippen LogP contribution in [0.2, 0.25) is 0 Å². The second-order valence-electron chi connectivity index (χ2n) is 3.86. The van der Waals surface area contributed by atoms with Crippen LogP contribution in [-0.4, -0.2) is 22.0 Å². The van der Waals surface area contributed by atoms with Crippen molar-refractivity contribution < 1.29 is 14.5 Å². The highest BCUT2D eigenvalue weighted by atomic mass is 16.6. The molecule has 0 saturated carbocycles. The molecule has 0 bridgehead atoms. The number of para-hydroxylation sites is 1. The van der Waals surface area contributed by atoms with Crippen molar-refractivity contribution in [1.29, 1.82) is 0 Å². The van der Waals surface area contributed by atoms with Crippen LogP contribution >= 0.6 is 0 Å². The molecular weight excluding hydrogens is 244 g/mol. The SMILES string of the molecule is Cc1nonc1COc1ccccc1C#CCCO. The van der Waals surface area contributed by atoms with E-state index in [9.17, 15) is 0 Å². The minimum atomic E-state index is 0.0554. The Labute approximate surface area is 111 Å².